The number of aliphatic hydroxyl groups excluding tert-OH is 1. The molecule has 1 aromatic heterocycles. The monoisotopic (exact) mass is 584 g/mol. The average Bonchev–Trinajstić information content (AvgIpc) is 3.77. The molecule has 2 aliphatic heterocycles. The fraction of sp³-hybridized carbons (Fsp3) is 0.400. The van der Waals surface area contributed by atoms with Crippen LogP contribution in [-0.4, -0.2) is 73.2 Å². The fourth-order valence-electron chi connectivity index (χ4n) is 6.35. The quantitative estimate of drug-likeness (QED) is 0.202. The number of carbonyl (C=O) groups excluding carboxylic acids is 1. The Morgan fingerprint density at radius 3 is 2.57 bits per heavy atom. The zero-order valence-corrected chi connectivity index (χ0v) is 25.4. The van der Waals surface area contributed by atoms with E-state index in [9.17, 15) is 9.90 Å². The zero-order chi connectivity index (χ0) is 29.1. The van der Waals surface area contributed by atoms with Crippen LogP contribution in [0.1, 0.15) is 52.7 Å². The van der Waals surface area contributed by atoms with Crippen LogP contribution in [-0.2, 0) is 6.54 Å². The van der Waals surface area contributed by atoms with Crippen molar-refractivity contribution in [2.24, 2.45) is 0 Å². The molecule has 0 saturated carbocycles. The van der Waals surface area contributed by atoms with Gasteiger partial charge in [0.1, 0.15) is 18.1 Å². The van der Waals surface area contributed by atoms with E-state index in [0.29, 0.717) is 12.2 Å². The number of fused-ring (bicyclic) bond motifs is 1. The van der Waals surface area contributed by atoms with Crippen LogP contribution in [0.4, 0.5) is 0 Å². The van der Waals surface area contributed by atoms with Gasteiger partial charge in [0.15, 0.2) is 5.78 Å². The van der Waals surface area contributed by atoms with E-state index >= 15 is 0 Å². The highest BCUT2D eigenvalue weighted by atomic mass is 32.1. The second-order valence-corrected chi connectivity index (χ2v) is 12.6. The van der Waals surface area contributed by atoms with Crippen molar-refractivity contribution in [3.63, 3.8) is 0 Å². The van der Waals surface area contributed by atoms with E-state index in [1.807, 2.05) is 24.3 Å². The van der Waals surface area contributed by atoms with Gasteiger partial charge in [0.2, 0.25) is 0 Å². The van der Waals surface area contributed by atoms with Crippen LogP contribution in [0, 0.1) is 6.92 Å². The van der Waals surface area contributed by atoms with E-state index in [1.165, 1.54) is 18.4 Å². The molecule has 0 bridgehead atoms. The van der Waals surface area contributed by atoms with Crippen molar-refractivity contribution in [2.75, 3.05) is 46.5 Å². The van der Waals surface area contributed by atoms with Crippen molar-refractivity contribution in [1.82, 2.24) is 9.80 Å². The largest absolute Gasteiger partial charge is 0.496 e. The van der Waals surface area contributed by atoms with Crippen molar-refractivity contribution in [2.45, 2.75) is 45.2 Å². The number of nitrogens with zero attached hydrogens (tertiary/aromatic N) is 2. The van der Waals surface area contributed by atoms with Gasteiger partial charge in [-0.15, -0.1) is 11.3 Å². The Hall–Kier alpha value is -3.23. The van der Waals surface area contributed by atoms with Crippen LogP contribution in [0.15, 0.2) is 60.7 Å². The van der Waals surface area contributed by atoms with Crippen molar-refractivity contribution in [1.29, 1.82) is 0 Å². The Morgan fingerprint density at radius 1 is 1.00 bits per heavy atom. The summed E-state index contributed by atoms with van der Waals surface area (Å²) in [7, 11) is 1.69. The molecule has 1 N–H and O–H groups in total. The topological polar surface area (TPSA) is 62.2 Å². The molecular formula is C35H40N2O4S. The van der Waals surface area contributed by atoms with Gasteiger partial charge in [0, 0.05) is 50.8 Å². The molecule has 1 atom stereocenters. The molecule has 42 heavy (non-hydrogen) atoms. The normalized spacial score (nSPS) is 17.7. The molecule has 7 heteroatoms. The van der Waals surface area contributed by atoms with Gasteiger partial charge < -0.3 is 14.6 Å². The molecule has 6 nitrogen and oxygen atoms in total. The Kier molecular flexibility index (Phi) is 8.91. The maximum atomic E-state index is 14.2. The summed E-state index contributed by atoms with van der Waals surface area (Å²) in [4.78, 5) is 19.9. The third kappa shape index (κ3) is 6.11. The predicted molar refractivity (Wildman–Crippen MR) is 170 cm³/mol. The molecule has 0 unspecified atom stereocenters. The lowest BCUT2D eigenvalue weighted by atomic mass is 9.96. The van der Waals surface area contributed by atoms with Crippen LogP contribution in [0.25, 0.3) is 20.5 Å². The van der Waals surface area contributed by atoms with E-state index in [2.05, 4.69) is 53.1 Å². The lowest BCUT2D eigenvalue weighted by molar-refractivity contribution is 0.104. The summed E-state index contributed by atoms with van der Waals surface area (Å²) in [5.74, 6) is 1.59. The van der Waals surface area contributed by atoms with Crippen LogP contribution < -0.4 is 9.47 Å². The summed E-state index contributed by atoms with van der Waals surface area (Å²) in [5.41, 5.74) is 4.67. The highest BCUT2D eigenvalue weighted by Gasteiger charge is 2.25. The van der Waals surface area contributed by atoms with Crippen molar-refractivity contribution < 1.29 is 19.4 Å². The maximum absolute atomic E-state index is 14.2. The predicted octanol–water partition coefficient (Wildman–Crippen LogP) is 6.55. The number of rotatable bonds is 11. The summed E-state index contributed by atoms with van der Waals surface area (Å²) in [6, 6.07) is 20.6. The molecule has 0 spiro atoms. The third-order valence-corrected chi connectivity index (χ3v) is 9.89. The molecule has 4 aromatic rings. The number of carbonyl (C=O) groups is 1. The number of ether oxygens (including phenoxy) is 2. The van der Waals surface area contributed by atoms with E-state index in [4.69, 9.17) is 9.47 Å². The van der Waals surface area contributed by atoms with Crippen molar-refractivity contribution in [3.05, 3.63) is 82.9 Å². The van der Waals surface area contributed by atoms with Crippen molar-refractivity contribution in [3.8, 4) is 21.9 Å². The fourth-order valence-corrected chi connectivity index (χ4v) is 7.66. The molecule has 2 fully saturated rings. The van der Waals surface area contributed by atoms with Gasteiger partial charge in [-0.2, -0.15) is 0 Å². The third-order valence-electron chi connectivity index (χ3n) is 8.69. The number of benzene rings is 3. The van der Waals surface area contributed by atoms with Crippen LogP contribution in [0.5, 0.6) is 11.5 Å². The molecule has 3 aromatic carbocycles. The molecule has 2 aliphatic rings. The maximum Gasteiger partial charge on any atom is 0.195 e. The number of likely N-dealkylation sites (tertiary alicyclic amines) is 2. The van der Waals surface area contributed by atoms with Gasteiger partial charge in [-0.3, -0.25) is 14.6 Å². The SMILES string of the molecule is COc1cc(C(=O)c2c(-c3ccc(OCCN4CCC[C@H]4CO)cc3)sc3cc(C)ccc23)ccc1CN1CCCC1. The average molecular weight is 585 g/mol. The first-order chi connectivity index (χ1) is 20.5. The first-order valence-electron chi connectivity index (χ1n) is 15.1. The number of aliphatic hydroxyl groups is 1. The highest BCUT2D eigenvalue weighted by molar-refractivity contribution is 7.22. The van der Waals surface area contributed by atoms with Gasteiger partial charge >= 0.3 is 0 Å². The summed E-state index contributed by atoms with van der Waals surface area (Å²) < 4.78 is 12.9. The Labute approximate surface area is 252 Å². The van der Waals surface area contributed by atoms with Gasteiger partial charge in [0.25, 0.3) is 0 Å². The number of hydrogen-bond acceptors (Lipinski definition) is 7. The lowest BCUT2D eigenvalue weighted by Gasteiger charge is -2.22. The Bertz CT molecular complexity index is 1540. The molecule has 6 rings (SSSR count). The first-order valence-corrected chi connectivity index (χ1v) is 15.9. The first kappa shape index (κ1) is 28.9. The Morgan fingerprint density at radius 2 is 1.81 bits per heavy atom. The van der Waals surface area contributed by atoms with Gasteiger partial charge in [0.05, 0.1) is 13.7 Å². The van der Waals surface area contributed by atoms with Crippen LogP contribution in [0.3, 0.4) is 0 Å². The number of methoxy groups -OCH3 is 1. The molecule has 2 saturated heterocycles. The van der Waals surface area contributed by atoms with Crippen LogP contribution >= 0.6 is 11.3 Å². The molecule has 3 heterocycles. The summed E-state index contributed by atoms with van der Waals surface area (Å²) in [6.07, 6.45) is 4.66. The van der Waals surface area contributed by atoms with E-state index in [-0.39, 0.29) is 18.4 Å². The second kappa shape index (κ2) is 13.0. The number of aryl methyl sites for hydroxylation is 1. The second-order valence-electron chi connectivity index (χ2n) is 11.5. The molecule has 0 radical (unpaired) electrons. The van der Waals surface area contributed by atoms with Crippen molar-refractivity contribution >= 4 is 27.2 Å². The highest BCUT2D eigenvalue weighted by Crippen LogP contribution is 2.41. The lowest BCUT2D eigenvalue weighted by Crippen LogP contribution is -2.35. The van der Waals surface area contributed by atoms with E-state index in [1.54, 1.807) is 18.4 Å². The summed E-state index contributed by atoms with van der Waals surface area (Å²) in [6.45, 7) is 7.76. The van der Waals surface area contributed by atoms with Gasteiger partial charge in [-0.25, -0.2) is 0 Å². The molecule has 0 amide bonds. The van der Waals surface area contributed by atoms with E-state index in [0.717, 1.165) is 88.7 Å². The van der Waals surface area contributed by atoms with Crippen LogP contribution in [0.2, 0.25) is 0 Å². The summed E-state index contributed by atoms with van der Waals surface area (Å²) in [5, 5.41) is 10.6. The number of ketones is 1. The number of thiophene rings is 1. The van der Waals surface area contributed by atoms with Gasteiger partial charge in [-0.05, 0) is 99.8 Å². The zero-order valence-electron chi connectivity index (χ0n) is 24.6. The summed E-state index contributed by atoms with van der Waals surface area (Å²) >= 11 is 1.66. The minimum atomic E-state index is 0.00972. The Balaban J connectivity index is 1.26. The molecular weight excluding hydrogens is 544 g/mol. The number of hydrogen-bond donors (Lipinski definition) is 1. The van der Waals surface area contributed by atoms with Gasteiger partial charge in [-0.1, -0.05) is 24.3 Å². The van der Waals surface area contributed by atoms with E-state index < -0.39 is 0 Å². The minimum absolute atomic E-state index is 0.00972. The smallest absolute Gasteiger partial charge is 0.195 e. The minimum Gasteiger partial charge on any atom is -0.496 e. The standard InChI is InChI=1S/C35H40N2O4S/c1-24-7-14-30-32(20-24)42-35(25-10-12-29(13-11-25)41-19-18-37-17-5-6-28(37)23-38)33(30)34(39)26-8-9-27(31(21-26)40-2)22-36-15-3-4-16-36/h7-14,20-21,28,38H,3-6,15-19,22-23H2,1-2H3/t28-/m0/s1. The molecule has 220 valence electrons. The molecule has 0 aliphatic carbocycles.